The molecule has 4 amide bonds. The van der Waals surface area contributed by atoms with Crippen LogP contribution in [-0.2, 0) is 16.0 Å². The Hall–Kier alpha value is -4.18. The fourth-order valence-electron chi connectivity index (χ4n) is 5.75. The predicted octanol–water partition coefficient (Wildman–Crippen LogP) is 4.45. The first-order chi connectivity index (χ1) is 20.4. The Labute approximate surface area is 251 Å². The number of carbonyl (C=O) groups is 3. The second-order valence-electron chi connectivity index (χ2n) is 10.5. The molecule has 0 radical (unpaired) electrons. The molecule has 2 aliphatic rings. The second kappa shape index (κ2) is 13.2. The topological polar surface area (TPSA) is 94.2 Å². The molecule has 3 aromatic rings. The number of nitrogens with one attached hydrogen (secondary N) is 2. The molecule has 0 bridgehead atoms. The largest absolute Gasteiger partial charge is 0.496 e. The van der Waals surface area contributed by atoms with E-state index in [1.165, 1.54) is 0 Å². The zero-order chi connectivity index (χ0) is 29.5. The average Bonchev–Trinajstić information content (AvgIpc) is 3.28. The molecule has 0 atom stereocenters. The molecule has 2 aliphatic heterocycles. The van der Waals surface area contributed by atoms with E-state index in [0.29, 0.717) is 45.6 Å². The van der Waals surface area contributed by atoms with E-state index in [1.807, 2.05) is 85.1 Å². The van der Waals surface area contributed by atoms with Crippen LogP contribution in [0.3, 0.4) is 0 Å². The molecule has 3 aromatic carbocycles. The summed E-state index contributed by atoms with van der Waals surface area (Å²) in [5.74, 6) is 0.516. The summed E-state index contributed by atoms with van der Waals surface area (Å²) in [6.45, 7) is 1.60. The molecule has 5 rings (SSSR count). The number of ether oxygens (including phenoxy) is 1. The highest BCUT2D eigenvalue weighted by molar-refractivity contribution is 7.98. The number of thioether (sulfide) groups is 1. The van der Waals surface area contributed by atoms with Gasteiger partial charge in [0.15, 0.2) is 0 Å². The third-order valence-corrected chi connectivity index (χ3v) is 8.79. The Balaban J connectivity index is 1.23. The normalized spacial score (nSPS) is 16.0. The molecule has 0 aliphatic carbocycles. The third-order valence-electron chi connectivity index (χ3n) is 8.04. The Morgan fingerprint density at radius 3 is 2.33 bits per heavy atom. The Bertz CT molecular complexity index is 1390. The fourth-order valence-corrected chi connectivity index (χ4v) is 6.16. The third kappa shape index (κ3) is 6.33. The lowest BCUT2D eigenvalue weighted by Gasteiger charge is -2.43. The van der Waals surface area contributed by atoms with Crippen LogP contribution in [0.25, 0.3) is 0 Å². The first kappa shape index (κ1) is 29.3. The molecule has 220 valence electrons. The highest BCUT2D eigenvalue weighted by Crippen LogP contribution is 2.39. The summed E-state index contributed by atoms with van der Waals surface area (Å²) in [6, 6.07) is 25.1. The lowest BCUT2D eigenvalue weighted by molar-refractivity contribution is -0.137. The maximum Gasteiger partial charge on any atom is 0.321 e. The van der Waals surface area contributed by atoms with Crippen LogP contribution in [0.1, 0.15) is 18.4 Å². The van der Waals surface area contributed by atoms with Crippen molar-refractivity contribution in [2.75, 3.05) is 56.4 Å². The van der Waals surface area contributed by atoms with Crippen molar-refractivity contribution in [2.45, 2.75) is 29.7 Å². The molecule has 10 heteroatoms. The second-order valence-corrected chi connectivity index (χ2v) is 11.4. The molecule has 42 heavy (non-hydrogen) atoms. The summed E-state index contributed by atoms with van der Waals surface area (Å²) >= 11 is 1.65. The van der Waals surface area contributed by atoms with E-state index >= 15 is 0 Å². The summed E-state index contributed by atoms with van der Waals surface area (Å²) in [4.78, 5) is 46.6. The zero-order valence-electron chi connectivity index (χ0n) is 24.0. The number of anilines is 2. The smallest absolute Gasteiger partial charge is 0.321 e. The number of amides is 4. The molecular formula is C32H37N5O4S. The molecule has 0 aromatic heterocycles. The molecular weight excluding hydrogens is 550 g/mol. The predicted molar refractivity (Wildman–Crippen MR) is 166 cm³/mol. The number of benzene rings is 3. The van der Waals surface area contributed by atoms with Gasteiger partial charge in [0.25, 0.3) is 5.91 Å². The van der Waals surface area contributed by atoms with Crippen LogP contribution >= 0.6 is 11.8 Å². The Morgan fingerprint density at radius 1 is 0.952 bits per heavy atom. The van der Waals surface area contributed by atoms with Crippen LogP contribution < -0.4 is 20.3 Å². The number of hydrogen-bond donors (Lipinski definition) is 2. The summed E-state index contributed by atoms with van der Waals surface area (Å²) in [6.07, 6.45) is 3.60. The van der Waals surface area contributed by atoms with Crippen molar-refractivity contribution in [2.24, 2.45) is 0 Å². The van der Waals surface area contributed by atoms with Crippen molar-refractivity contribution in [3.8, 4) is 5.75 Å². The lowest BCUT2D eigenvalue weighted by Crippen LogP contribution is -2.58. The minimum absolute atomic E-state index is 0.0217. The number of nitrogens with zero attached hydrogens (tertiary/aromatic N) is 3. The minimum atomic E-state index is -0.810. The Morgan fingerprint density at radius 2 is 1.64 bits per heavy atom. The van der Waals surface area contributed by atoms with E-state index in [9.17, 15) is 14.4 Å². The van der Waals surface area contributed by atoms with Crippen molar-refractivity contribution in [1.82, 2.24) is 15.1 Å². The van der Waals surface area contributed by atoms with Crippen LogP contribution in [-0.4, -0.2) is 79.4 Å². The van der Waals surface area contributed by atoms with Crippen molar-refractivity contribution >= 4 is 41.0 Å². The maximum atomic E-state index is 14.0. The maximum absolute atomic E-state index is 14.0. The van der Waals surface area contributed by atoms with Gasteiger partial charge in [0, 0.05) is 35.9 Å². The summed E-state index contributed by atoms with van der Waals surface area (Å²) < 4.78 is 5.40. The Kier molecular flexibility index (Phi) is 9.22. The number of para-hydroxylation sites is 2. The molecule has 2 heterocycles. The van der Waals surface area contributed by atoms with Crippen molar-refractivity contribution in [3.63, 3.8) is 0 Å². The van der Waals surface area contributed by atoms with Gasteiger partial charge in [-0.15, -0.1) is 11.8 Å². The molecule has 2 N–H and O–H groups in total. The highest BCUT2D eigenvalue weighted by Gasteiger charge is 2.54. The minimum Gasteiger partial charge on any atom is -0.496 e. The van der Waals surface area contributed by atoms with Gasteiger partial charge >= 0.3 is 6.03 Å². The van der Waals surface area contributed by atoms with E-state index in [-0.39, 0.29) is 24.4 Å². The van der Waals surface area contributed by atoms with Gasteiger partial charge in [0.2, 0.25) is 5.91 Å². The summed E-state index contributed by atoms with van der Waals surface area (Å²) in [5, 5.41) is 5.94. The monoisotopic (exact) mass is 587 g/mol. The van der Waals surface area contributed by atoms with Crippen molar-refractivity contribution < 1.29 is 19.1 Å². The highest BCUT2D eigenvalue weighted by atomic mass is 32.2. The van der Waals surface area contributed by atoms with Gasteiger partial charge in [-0.2, -0.15) is 0 Å². The van der Waals surface area contributed by atoms with E-state index < -0.39 is 5.54 Å². The number of carbonyl (C=O) groups excluding carboxylic acids is 3. The van der Waals surface area contributed by atoms with Gasteiger partial charge in [0.05, 0.1) is 13.8 Å². The van der Waals surface area contributed by atoms with E-state index in [2.05, 4.69) is 15.5 Å². The number of likely N-dealkylation sites (tertiary alicyclic amines) is 1. The summed E-state index contributed by atoms with van der Waals surface area (Å²) in [5.41, 5.74) is 1.87. The van der Waals surface area contributed by atoms with Crippen LogP contribution in [0.4, 0.5) is 16.2 Å². The first-order valence-electron chi connectivity index (χ1n) is 14.1. The number of rotatable bonds is 9. The SMILES string of the molecule is COc1ccccc1CCNC(=O)CN1CN(c2ccccc2)C2(CCN(C(=O)Nc3ccc(SC)cc3)CC2)C1=O. The van der Waals surface area contributed by atoms with Gasteiger partial charge in [-0.05, 0) is 73.5 Å². The van der Waals surface area contributed by atoms with Crippen molar-refractivity contribution in [3.05, 3.63) is 84.4 Å². The zero-order valence-corrected chi connectivity index (χ0v) is 24.9. The van der Waals surface area contributed by atoms with Gasteiger partial charge in [-0.3, -0.25) is 9.59 Å². The molecule has 2 fully saturated rings. The standard InChI is InChI=1S/C32H37N5O4S/c1-41-28-11-7-6-8-24(28)16-19-33-29(38)22-36-23-37(26-9-4-3-5-10-26)32(30(36)39)17-20-35(21-18-32)31(40)34-25-12-14-27(42-2)15-13-25/h3-15H,16-23H2,1-2H3,(H,33,38)(H,34,40). The van der Waals surface area contributed by atoms with Crippen LogP contribution in [0.2, 0.25) is 0 Å². The lowest BCUT2D eigenvalue weighted by atomic mass is 9.85. The van der Waals surface area contributed by atoms with E-state index in [1.54, 1.807) is 28.7 Å². The van der Waals surface area contributed by atoms with E-state index in [0.717, 1.165) is 27.6 Å². The molecule has 9 nitrogen and oxygen atoms in total. The van der Waals surface area contributed by atoms with Crippen LogP contribution in [0, 0.1) is 0 Å². The number of piperidine rings is 1. The van der Waals surface area contributed by atoms with Crippen LogP contribution in [0.5, 0.6) is 5.75 Å². The molecule has 0 unspecified atom stereocenters. The van der Waals surface area contributed by atoms with Crippen molar-refractivity contribution in [1.29, 1.82) is 0 Å². The van der Waals surface area contributed by atoms with Crippen LogP contribution in [0.15, 0.2) is 83.8 Å². The number of methoxy groups -OCH3 is 1. The quantitative estimate of drug-likeness (QED) is 0.360. The average molecular weight is 588 g/mol. The van der Waals surface area contributed by atoms with Gasteiger partial charge in [0.1, 0.15) is 17.8 Å². The molecule has 2 saturated heterocycles. The number of urea groups is 1. The number of hydrogen-bond acceptors (Lipinski definition) is 6. The molecule has 1 spiro atoms. The fraction of sp³-hybridized carbons (Fsp3) is 0.344. The van der Waals surface area contributed by atoms with Gasteiger partial charge in [-0.1, -0.05) is 36.4 Å². The van der Waals surface area contributed by atoms with Gasteiger partial charge < -0.3 is 30.1 Å². The summed E-state index contributed by atoms with van der Waals surface area (Å²) in [7, 11) is 1.63. The van der Waals surface area contributed by atoms with E-state index in [4.69, 9.17) is 4.74 Å². The van der Waals surface area contributed by atoms with Gasteiger partial charge in [-0.25, -0.2) is 4.79 Å². The molecule has 0 saturated carbocycles. The first-order valence-corrected chi connectivity index (χ1v) is 15.4.